The van der Waals surface area contributed by atoms with Gasteiger partial charge in [0.1, 0.15) is 5.75 Å². The van der Waals surface area contributed by atoms with Crippen LogP contribution in [-0.2, 0) is 0 Å². The molecule has 3 rings (SSSR count). The van der Waals surface area contributed by atoms with E-state index in [2.05, 4.69) is 17.5 Å². The van der Waals surface area contributed by atoms with Gasteiger partial charge in [0.05, 0.1) is 16.5 Å². The van der Waals surface area contributed by atoms with Crippen molar-refractivity contribution in [1.82, 2.24) is 4.90 Å². The standard InChI is InChI=1S/C16H21Cl2NO.CH4S/c17-14(7-10-19-8-1-2-9-19)12-3-6-16(15(18)11-12)20-13-4-5-13;1-2/h3,6,11,13-14H,1-2,4-5,7-10H2;2H,1H3. The van der Waals surface area contributed by atoms with Gasteiger partial charge in [-0.2, -0.15) is 12.6 Å². The van der Waals surface area contributed by atoms with Crippen LogP contribution in [0.2, 0.25) is 5.02 Å². The number of alkyl halides is 1. The maximum absolute atomic E-state index is 6.50. The average molecular weight is 362 g/mol. The molecule has 1 saturated carbocycles. The molecule has 0 bridgehead atoms. The minimum atomic E-state index is 0.0306. The predicted octanol–water partition coefficient (Wildman–Crippen LogP) is 5.19. The third-order valence-corrected chi connectivity index (χ3v) is 4.80. The van der Waals surface area contributed by atoms with Gasteiger partial charge in [-0.1, -0.05) is 17.7 Å². The molecule has 0 N–H and O–H groups in total. The van der Waals surface area contributed by atoms with Crippen LogP contribution >= 0.6 is 35.8 Å². The van der Waals surface area contributed by atoms with Gasteiger partial charge in [-0.15, -0.1) is 11.6 Å². The van der Waals surface area contributed by atoms with Gasteiger partial charge in [-0.25, -0.2) is 0 Å². The van der Waals surface area contributed by atoms with E-state index in [0.717, 1.165) is 37.1 Å². The molecule has 0 spiro atoms. The van der Waals surface area contributed by atoms with Crippen LogP contribution in [0.15, 0.2) is 18.2 Å². The summed E-state index contributed by atoms with van der Waals surface area (Å²) in [5, 5.41) is 0.712. The summed E-state index contributed by atoms with van der Waals surface area (Å²) < 4.78 is 5.75. The fraction of sp³-hybridized carbons (Fsp3) is 0.647. The highest BCUT2D eigenvalue weighted by Gasteiger charge is 2.24. The molecule has 1 saturated heterocycles. The van der Waals surface area contributed by atoms with E-state index >= 15 is 0 Å². The lowest BCUT2D eigenvalue weighted by Crippen LogP contribution is -2.21. The first-order chi connectivity index (χ1) is 10.7. The first-order valence-electron chi connectivity index (χ1n) is 7.99. The van der Waals surface area contributed by atoms with Gasteiger partial charge < -0.3 is 9.64 Å². The van der Waals surface area contributed by atoms with Crippen molar-refractivity contribution in [3.63, 3.8) is 0 Å². The Morgan fingerprint density at radius 2 is 1.95 bits per heavy atom. The number of benzene rings is 1. The van der Waals surface area contributed by atoms with Crippen LogP contribution in [0.4, 0.5) is 0 Å². The normalized spacial score (nSPS) is 19.5. The van der Waals surface area contributed by atoms with Crippen LogP contribution in [0.3, 0.4) is 0 Å². The van der Waals surface area contributed by atoms with Crippen LogP contribution < -0.4 is 4.74 Å². The van der Waals surface area contributed by atoms with E-state index in [4.69, 9.17) is 27.9 Å². The van der Waals surface area contributed by atoms with E-state index in [1.165, 1.54) is 25.9 Å². The fourth-order valence-corrected chi connectivity index (χ4v) is 3.11. The fourth-order valence-electron chi connectivity index (χ4n) is 2.64. The van der Waals surface area contributed by atoms with Crippen LogP contribution in [0.25, 0.3) is 0 Å². The Morgan fingerprint density at radius 3 is 2.55 bits per heavy atom. The minimum absolute atomic E-state index is 0.0306. The van der Waals surface area contributed by atoms with Crippen molar-refractivity contribution in [3.05, 3.63) is 28.8 Å². The predicted molar refractivity (Wildman–Crippen MR) is 98.9 cm³/mol. The quantitative estimate of drug-likeness (QED) is 0.552. The molecule has 0 amide bonds. The van der Waals surface area contributed by atoms with Gasteiger partial charge >= 0.3 is 0 Å². The summed E-state index contributed by atoms with van der Waals surface area (Å²) in [4.78, 5) is 2.49. The number of nitrogens with zero attached hydrogens (tertiary/aromatic N) is 1. The van der Waals surface area contributed by atoms with E-state index in [-0.39, 0.29) is 5.38 Å². The minimum Gasteiger partial charge on any atom is -0.489 e. The molecule has 1 atom stereocenters. The van der Waals surface area contributed by atoms with Crippen LogP contribution in [0.1, 0.15) is 43.0 Å². The summed E-state index contributed by atoms with van der Waals surface area (Å²) in [6.45, 7) is 3.52. The van der Waals surface area contributed by atoms with Gasteiger partial charge in [-0.05, 0) is 75.7 Å². The summed E-state index contributed by atoms with van der Waals surface area (Å²) in [6.07, 6.45) is 7.98. The summed E-state index contributed by atoms with van der Waals surface area (Å²) in [5.74, 6) is 0.793. The summed E-state index contributed by atoms with van der Waals surface area (Å²) in [6, 6.07) is 5.97. The van der Waals surface area contributed by atoms with Crippen LogP contribution in [-0.4, -0.2) is 36.9 Å². The van der Waals surface area contributed by atoms with Gasteiger partial charge in [0.15, 0.2) is 0 Å². The van der Waals surface area contributed by atoms with Crippen molar-refractivity contribution >= 4 is 35.8 Å². The van der Waals surface area contributed by atoms with Crippen molar-refractivity contribution in [3.8, 4) is 5.75 Å². The molecule has 2 fully saturated rings. The Bertz CT molecular complexity index is 462. The molecular weight excluding hydrogens is 337 g/mol. The second kappa shape index (κ2) is 9.27. The van der Waals surface area contributed by atoms with E-state index < -0.39 is 0 Å². The maximum atomic E-state index is 6.50. The zero-order valence-electron chi connectivity index (χ0n) is 13.1. The highest BCUT2D eigenvalue weighted by atomic mass is 35.5. The Morgan fingerprint density at radius 1 is 1.27 bits per heavy atom. The van der Waals surface area contributed by atoms with Crippen molar-refractivity contribution in [2.24, 2.45) is 0 Å². The number of hydrogen-bond acceptors (Lipinski definition) is 3. The molecule has 1 aliphatic carbocycles. The molecule has 22 heavy (non-hydrogen) atoms. The first kappa shape index (κ1) is 18.3. The van der Waals surface area contributed by atoms with Crippen molar-refractivity contribution in [2.75, 3.05) is 25.9 Å². The number of rotatable bonds is 6. The lowest BCUT2D eigenvalue weighted by molar-refractivity contribution is 0.303. The highest BCUT2D eigenvalue weighted by molar-refractivity contribution is 7.79. The van der Waals surface area contributed by atoms with Crippen molar-refractivity contribution in [2.45, 2.75) is 43.6 Å². The van der Waals surface area contributed by atoms with Crippen LogP contribution in [0.5, 0.6) is 5.75 Å². The summed E-state index contributed by atoms with van der Waals surface area (Å²) >= 11 is 16.3. The second-order valence-corrected chi connectivity index (χ2v) is 6.75. The van der Waals surface area contributed by atoms with Crippen LogP contribution in [0, 0.1) is 0 Å². The monoisotopic (exact) mass is 361 g/mol. The summed E-state index contributed by atoms with van der Waals surface area (Å²) in [5.41, 5.74) is 1.10. The number of halogens is 2. The lowest BCUT2D eigenvalue weighted by Gasteiger charge is -2.17. The van der Waals surface area contributed by atoms with E-state index in [1.807, 2.05) is 18.2 Å². The van der Waals surface area contributed by atoms with Gasteiger partial charge in [0, 0.05) is 0 Å². The molecule has 1 aromatic carbocycles. The molecule has 0 aromatic heterocycles. The third-order valence-electron chi connectivity index (χ3n) is 4.03. The van der Waals surface area contributed by atoms with Crippen molar-refractivity contribution in [1.29, 1.82) is 0 Å². The Kier molecular flexibility index (Phi) is 7.69. The highest BCUT2D eigenvalue weighted by Crippen LogP contribution is 2.35. The largest absolute Gasteiger partial charge is 0.489 e. The topological polar surface area (TPSA) is 12.5 Å². The molecule has 1 heterocycles. The Hall–Kier alpha value is -0.0900. The Labute approximate surface area is 149 Å². The molecule has 1 aromatic rings. The van der Waals surface area contributed by atoms with E-state index in [0.29, 0.717) is 11.1 Å². The molecular formula is C17H25Cl2NOS. The lowest BCUT2D eigenvalue weighted by atomic mass is 10.1. The first-order valence-corrected chi connectivity index (χ1v) is 9.70. The summed E-state index contributed by atoms with van der Waals surface area (Å²) in [7, 11) is 0. The SMILES string of the molecule is CS.Clc1cc(C(Cl)CCN2CCCC2)ccc1OC1CC1. The zero-order chi connectivity index (χ0) is 15.9. The molecule has 1 aliphatic heterocycles. The zero-order valence-corrected chi connectivity index (χ0v) is 15.5. The van der Waals surface area contributed by atoms with Gasteiger partial charge in [0.2, 0.25) is 0 Å². The van der Waals surface area contributed by atoms with E-state index in [1.54, 1.807) is 6.26 Å². The molecule has 5 heteroatoms. The maximum Gasteiger partial charge on any atom is 0.138 e. The average Bonchev–Trinajstić information content (AvgIpc) is 3.21. The van der Waals surface area contributed by atoms with E-state index in [9.17, 15) is 0 Å². The van der Waals surface area contributed by atoms with Gasteiger partial charge in [0.25, 0.3) is 0 Å². The number of hydrogen-bond donors (Lipinski definition) is 1. The second-order valence-electron chi connectivity index (χ2n) is 5.81. The van der Waals surface area contributed by atoms with Crippen molar-refractivity contribution < 1.29 is 4.74 Å². The number of likely N-dealkylation sites (tertiary alicyclic amines) is 1. The molecule has 2 nitrogen and oxygen atoms in total. The smallest absolute Gasteiger partial charge is 0.138 e. The molecule has 1 unspecified atom stereocenters. The number of thiol groups is 1. The Balaban J connectivity index is 0.000000847. The molecule has 2 aliphatic rings. The molecule has 0 radical (unpaired) electrons. The number of ether oxygens (including phenoxy) is 1. The third kappa shape index (κ3) is 5.52. The van der Waals surface area contributed by atoms with Gasteiger partial charge in [-0.3, -0.25) is 0 Å². The molecule has 124 valence electrons.